The molecule has 0 amide bonds. The first-order chi connectivity index (χ1) is 5.77. The highest BCUT2D eigenvalue weighted by Crippen LogP contribution is 2.35. The number of rotatable bonds is 0. The molecule has 12 heavy (non-hydrogen) atoms. The fraction of sp³-hybridized carbons (Fsp3) is 0.333. The smallest absolute Gasteiger partial charge is 0.156 e. The van der Waals surface area contributed by atoms with Crippen molar-refractivity contribution >= 4 is 15.9 Å². The molecule has 0 aromatic heterocycles. The summed E-state index contributed by atoms with van der Waals surface area (Å²) in [5, 5.41) is 9.55. The Kier molecular flexibility index (Phi) is 2.07. The van der Waals surface area contributed by atoms with E-state index in [9.17, 15) is 5.11 Å². The third-order valence-corrected chi connectivity index (χ3v) is 2.50. The highest BCUT2D eigenvalue weighted by molar-refractivity contribution is 9.09. The van der Waals surface area contributed by atoms with Crippen molar-refractivity contribution in [3.05, 3.63) is 29.8 Å². The topological polar surface area (TPSA) is 29.5 Å². The van der Waals surface area contributed by atoms with E-state index in [0.29, 0.717) is 6.42 Å². The van der Waals surface area contributed by atoms with Crippen molar-refractivity contribution in [1.82, 2.24) is 0 Å². The van der Waals surface area contributed by atoms with E-state index in [0.717, 1.165) is 11.3 Å². The van der Waals surface area contributed by atoms with E-state index in [1.807, 2.05) is 24.3 Å². The third kappa shape index (κ3) is 1.34. The summed E-state index contributed by atoms with van der Waals surface area (Å²) in [6.45, 7) is 0. The molecule has 0 aliphatic carbocycles. The zero-order valence-electron chi connectivity index (χ0n) is 6.40. The Labute approximate surface area is 79.3 Å². The number of aliphatic hydroxyl groups is 1. The summed E-state index contributed by atoms with van der Waals surface area (Å²) < 4.78 is 5.46. The van der Waals surface area contributed by atoms with Crippen LogP contribution in [0.25, 0.3) is 0 Å². The van der Waals surface area contributed by atoms with Gasteiger partial charge in [-0.05, 0) is 22.0 Å². The molecule has 0 radical (unpaired) electrons. The van der Waals surface area contributed by atoms with Crippen LogP contribution in [-0.4, -0.2) is 10.1 Å². The summed E-state index contributed by atoms with van der Waals surface area (Å²) in [6, 6.07) is 7.56. The highest BCUT2D eigenvalue weighted by atomic mass is 79.9. The molecule has 0 saturated heterocycles. The number of para-hydroxylation sites is 1. The zero-order chi connectivity index (χ0) is 8.55. The van der Waals surface area contributed by atoms with Gasteiger partial charge in [0.2, 0.25) is 0 Å². The molecule has 2 atom stereocenters. The van der Waals surface area contributed by atoms with Crippen molar-refractivity contribution in [2.45, 2.75) is 17.5 Å². The van der Waals surface area contributed by atoms with Crippen LogP contribution >= 0.6 is 15.9 Å². The van der Waals surface area contributed by atoms with Crippen LogP contribution < -0.4 is 4.74 Å². The standard InChI is InChI=1S/C9H9BrO2/c10-9-5-7(11)6-3-1-2-4-8(6)12-9/h1-4,7,9,11H,5H2. The predicted octanol–water partition coefficient (Wildman–Crippen LogP) is 2.22. The number of halogens is 1. The average Bonchev–Trinajstić information content (AvgIpc) is 2.04. The molecule has 3 heteroatoms. The van der Waals surface area contributed by atoms with Gasteiger partial charge in [0.25, 0.3) is 0 Å². The summed E-state index contributed by atoms with van der Waals surface area (Å²) in [6.07, 6.45) is 0.205. The molecule has 1 aliphatic rings. The minimum absolute atomic E-state index is 0.0672. The number of hydrogen-bond donors (Lipinski definition) is 1. The van der Waals surface area contributed by atoms with Crippen LogP contribution in [0.15, 0.2) is 24.3 Å². The van der Waals surface area contributed by atoms with E-state index in [-0.39, 0.29) is 5.01 Å². The Morgan fingerprint density at radius 2 is 2.17 bits per heavy atom. The van der Waals surface area contributed by atoms with Gasteiger partial charge in [-0.2, -0.15) is 0 Å². The van der Waals surface area contributed by atoms with Crippen molar-refractivity contribution in [2.24, 2.45) is 0 Å². The van der Waals surface area contributed by atoms with Crippen LogP contribution in [0.1, 0.15) is 18.1 Å². The molecule has 2 unspecified atom stereocenters. The second kappa shape index (κ2) is 3.07. The quantitative estimate of drug-likeness (QED) is 0.691. The van der Waals surface area contributed by atoms with Crippen molar-refractivity contribution in [2.75, 3.05) is 0 Å². The summed E-state index contributed by atoms with van der Waals surface area (Å²) in [7, 11) is 0. The summed E-state index contributed by atoms with van der Waals surface area (Å²) >= 11 is 3.32. The van der Waals surface area contributed by atoms with E-state index in [2.05, 4.69) is 15.9 Å². The van der Waals surface area contributed by atoms with E-state index in [1.54, 1.807) is 0 Å². The number of aliphatic hydroxyl groups excluding tert-OH is 1. The summed E-state index contributed by atoms with van der Waals surface area (Å²) in [5.41, 5.74) is 0.883. The summed E-state index contributed by atoms with van der Waals surface area (Å²) in [5.74, 6) is 0.776. The maximum Gasteiger partial charge on any atom is 0.156 e. The molecule has 1 aromatic carbocycles. The highest BCUT2D eigenvalue weighted by Gasteiger charge is 2.24. The second-order valence-corrected chi connectivity index (χ2v) is 3.84. The molecule has 1 aliphatic heterocycles. The lowest BCUT2D eigenvalue weighted by Crippen LogP contribution is -2.19. The zero-order valence-corrected chi connectivity index (χ0v) is 7.99. The van der Waals surface area contributed by atoms with Crippen molar-refractivity contribution in [3.8, 4) is 5.75 Å². The van der Waals surface area contributed by atoms with Gasteiger partial charge in [0.15, 0.2) is 5.01 Å². The number of benzene rings is 1. The normalized spacial score (nSPS) is 27.5. The Bertz CT molecular complexity index is 288. The lowest BCUT2D eigenvalue weighted by molar-refractivity contribution is 0.105. The van der Waals surface area contributed by atoms with Gasteiger partial charge in [-0.3, -0.25) is 0 Å². The first-order valence-corrected chi connectivity index (χ1v) is 4.76. The monoisotopic (exact) mass is 228 g/mol. The van der Waals surface area contributed by atoms with Crippen LogP contribution in [0.4, 0.5) is 0 Å². The molecule has 1 aromatic rings. The molecular formula is C9H9BrO2. The van der Waals surface area contributed by atoms with Gasteiger partial charge in [0.1, 0.15) is 5.75 Å². The van der Waals surface area contributed by atoms with Crippen LogP contribution in [-0.2, 0) is 0 Å². The lowest BCUT2D eigenvalue weighted by Gasteiger charge is -2.25. The van der Waals surface area contributed by atoms with Gasteiger partial charge in [0, 0.05) is 12.0 Å². The number of hydrogen-bond acceptors (Lipinski definition) is 2. The number of ether oxygens (including phenoxy) is 1. The fourth-order valence-corrected chi connectivity index (χ4v) is 1.91. The maximum atomic E-state index is 9.62. The van der Waals surface area contributed by atoms with Gasteiger partial charge in [0.05, 0.1) is 6.10 Å². The van der Waals surface area contributed by atoms with Crippen LogP contribution in [0.2, 0.25) is 0 Å². The third-order valence-electron chi connectivity index (χ3n) is 1.94. The van der Waals surface area contributed by atoms with Crippen LogP contribution in [0.3, 0.4) is 0 Å². The Morgan fingerprint density at radius 3 is 3.00 bits per heavy atom. The Balaban J connectivity index is 2.40. The molecule has 64 valence electrons. The molecular weight excluding hydrogens is 220 g/mol. The second-order valence-electron chi connectivity index (χ2n) is 2.82. The minimum Gasteiger partial charge on any atom is -0.479 e. The number of fused-ring (bicyclic) bond motifs is 1. The van der Waals surface area contributed by atoms with Crippen molar-refractivity contribution in [1.29, 1.82) is 0 Å². The van der Waals surface area contributed by atoms with E-state index < -0.39 is 6.10 Å². The molecule has 0 spiro atoms. The van der Waals surface area contributed by atoms with Gasteiger partial charge in [-0.1, -0.05) is 18.2 Å². The van der Waals surface area contributed by atoms with Crippen LogP contribution in [0, 0.1) is 0 Å². The van der Waals surface area contributed by atoms with E-state index in [4.69, 9.17) is 4.74 Å². The largest absolute Gasteiger partial charge is 0.479 e. The molecule has 2 nitrogen and oxygen atoms in total. The lowest BCUT2D eigenvalue weighted by atomic mass is 10.0. The Hall–Kier alpha value is -0.540. The molecule has 1 N–H and O–H groups in total. The van der Waals surface area contributed by atoms with E-state index >= 15 is 0 Å². The van der Waals surface area contributed by atoms with Gasteiger partial charge in [-0.25, -0.2) is 0 Å². The summed E-state index contributed by atoms with van der Waals surface area (Å²) in [4.78, 5) is 0. The van der Waals surface area contributed by atoms with Crippen LogP contribution in [0.5, 0.6) is 5.75 Å². The van der Waals surface area contributed by atoms with Gasteiger partial charge in [-0.15, -0.1) is 0 Å². The van der Waals surface area contributed by atoms with Crippen molar-refractivity contribution in [3.63, 3.8) is 0 Å². The first kappa shape index (κ1) is 8.08. The van der Waals surface area contributed by atoms with E-state index in [1.165, 1.54) is 0 Å². The molecule has 0 bridgehead atoms. The predicted molar refractivity (Wildman–Crippen MR) is 49.4 cm³/mol. The SMILES string of the molecule is OC1CC(Br)Oc2ccccc21. The average molecular weight is 229 g/mol. The minimum atomic E-state index is -0.403. The number of alkyl halides is 1. The first-order valence-electron chi connectivity index (χ1n) is 3.85. The molecule has 1 heterocycles. The molecule has 2 rings (SSSR count). The molecule has 0 fully saturated rings. The van der Waals surface area contributed by atoms with Gasteiger partial charge < -0.3 is 9.84 Å². The maximum absolute atomic E-state index is 9.62. The molecule has 0 saturated carbocycles. The van der Waals surface area contributed by atoms with Gasteiger partial charge >= 0.3 is 0 Å². The Morgan fingerprint density at radius 1 is 1.42 bits per heavy atom. The fourth-order valence-electron chi connectivity index (χ4n) is 1.35. The van der Waals surface area contributed by atoms with Crippen molar-refractivity contribution < 1.29 is 9.84 Å².